The molecule has 0 spiro atoms. The van der Waals surface area contributed by atoms with Gasteiger partial charge < -0.3 is 4.90 Å². The predicted molar refractivity (Wildman–Crippen MR) is 96.8 cm³/mol. The van der Waals surface area contributed by atoms with Crippen molar-refractivity contribution in [2.75, 3.05) is 40.3 Å². The summed E-state index contributed by atoms with van der Waals surface area (Å²) in [6.07, 6.45) is 10.1. The average Bonchev–Trinajstić information content (AvgIpc) is 2.43. The second-order valence-electron chi connectivity index (χ2n) is 6.24. The maximum atomic E-state index is 3.97. The van der Waals surface area contributed by atoms with E-state index in [0.717, 1.165) is 25.0 Å². The molecule has 122 valence electrons. The van der Waals surface area contributed by atoms with Gasteiger partial charge in [-0.15, -0.1) is 0 Å². The molecule has 0 unspecified atom stereocenters. The van der Waals surface area contributed by atoms with Crippen molar-refractivity contribution in [3.8, 4) is 0 Å². The zero-order valence-electron chi connectivity index (χ0n) is 14.8. The average molecular weight is 293 g/mol. The Morgan fingerprint density at radius 3 is 2.33 bits per heavy atom. The Bertz CT molecular complexity index is 316. The first kappa shape index (κ1) is 20.1. The van der Waals surface area contributed by atoms with Gasteiger partial charge in [-0.1, -0.05) is 49.8 Å². The molecule has 2 nitrogen and oxygen atoms in total. The van der Waals surface area contributed by atoms with Gasteiger partial charge in [-0.05, 0) is 66.3 Å². The van der Waals surface area contributed by atoms with Crippen LogP contribution >= 0.6 is 0 Å². The fourth-order valence-electron chi connectivity index (χ4n) is 2.29. The fourth-order valence-corrected chi connectivity index (χ4v) is 2.29. The van der Waals surface area contributed by atoms with Crippen LogP contribution in [0.1, 0.15) is 46.0 Å². The highest BCUT2D eigenvalue weighted by molar-refractivity contribution is 5.12. The molecule has 21 heavy (non-hydrogen) atoms. The monoisotopic (exact) mass is 292 g/mol. The second kappa shape index (κ2) is 12.8. The van der Waals surface area contributed by atoms with E-state index in [1.165, 1.54) is 44.5 Å². The molecule has 0 N–H and O–H groups in total. The molecular weight excluding hydrogens is 256 g/mol. The second-order valence-corrected chi connectivity index (χ2v) is 6.24. The maximum absolute atomic E-state index is 3.97. The normalized spacial score (nSPS) is 12.2. The highest BCUT2D eigenvalue weighted by Gasteiger charge is 2.05. The van der Waals surface area contributed by atoms with Crippen LogP contribution in [0.2, 0.25) is 0 Å². The molecule has 0 saturated carbocycles. The van der Waals surface area contributed by atoms with E-state index in [1.54, 1.807) is 0 Å². The van der Waals surface area contributed by atoms with Crippen molar-refractivity contribution in [2.45, 2.75) is 46.0 Å². The molecule has 0 heterocycles. The van der Waals surface area contributed by atoms with Crippen molar-refractivity contribution < 1.29 is 0 Å². The van der Waals surface area contributed by atoms with Crippen LogP contribution in [0.25, 0.3) is 0 Å². The first-order valence-electron chi connectivity index (χ1n) is 8.32. The van der Waals surface area contributed by atoms with E-state index >= 15 is 0 Å². The Balaban J connectivity index is 4.19. The van der Waals surface area contributed by atoms with Crippen LogP contribution in [-0.4, -0.2) is 50.1 Å². The highest BCUT2D eigenvalue weighted by atomic mass is 15.1. The van der Waals surface area contributed by atoms with E-state index in [4.69, 9.17) is 0 Å². The summed E-state index contributed by atoms with van der Waals surface area (Å²) in [5, 5.41) is 0. The standard InChI is InChI=1S/C19H36N2/c1-7-9-15-21(16-11-14-20(5)6)17-19(4)13-10-12-18(3)8-2/h8,13H,2-3,7,9-12,14-17H2,1,4-6H3/b19-13+. The van der Waals surface area contributed by atoms with E-state index < -0.39 is 0 Å². The molecule has 0 fully saturated rings. The summed E-state index contributed by atoms with van der Waals surface area (Å²) < 4.78 is 0. The smallest absolute Gasteiger partial charge is 0.0190 e. The third kappa shape index (κ3) is 12.6. The summed E-state index contributed by atoms with van der Waals surface area (Å²) in [6.45, 7) is 16.9. The minimum atomic E-state index is 1.02. The van der Waals surface area contributed by atoms with Crippen molar-refractivity contribution in [2.24, 2.45) is 0 Å². The molecule has 0 aromatic carbocycles. The Kier molecular flexibility index (Phi) is 12.3. The molecule has 2 heteroatoms. The van der Waals surface area contributed by atoms with Crippen molar-refractivity contribution in [1.29, 1.82) is 0 Å². The van der Waals surface area contributed by atoms with Gasteiger partial charge in [0.25, 0.3) is 0 Å². The van der Waals surface area contributed by atoms with Crippen LogP contribution in [0.15, 0.2) is 36.5 Å². The molecule has 0 aromatic rings. The summed E-state index contributed by atoms with van der Waals surface area (Å²) in [5.74, 6) is 0. The van der Waals surface area contributed by atoms with Gasteiger partial charge in [0.1, 0.15) is 0 Å². The lowest BCUT2D eigenvalue weighted by Gasteiger charge is -2.23. The van der Waals surface area contributed by atoms with Gasteiger partial charge in [0.15, 0.2) is 0 Å². The molecular formula is C19H36N2. The molecule has 0 bridgehead atoms. The molecule has 0 radical (unpaired) electrons. The van der Waals surface area contributed by atoms with Crippen LogP contribution in [0.3, 0.4) is 0 Å². The maximum Gasteiger partial charge on any atom is 0.0190 e. The molecule has 0 saturated heterocycles. The summed E-state index contributed by atoms with van der Waals surface area (Å²) in [4.78, 5) is 4.86. The lowest BCUT2D eigenvalue weighted by Crippen LogP contribution is -2.30. The number of unbranched alkanes of at least 4 members (excludes halogenated alkanes) is 1. The Hall–Kier alpha value is -0.860. The van der Waals surface area contributed by atoms with E-state index in [0.29, 0.717) is 0 Å². The summed E-state index contributed by atoms with van der Waals surface area (Å²) in [6, 6.07) is 0. The van der Waals surface area contributed by atoms with E-state index in [1.807, 2.05) is 6.08 Å². The molecule has 0 aliphatic heterocycles. The first-order valence-corrected chi connectivity index (χ1v) is 8.32. The molecule has 0 aliphatic rings. The fraction of sp³-hybridized carbons (Fsp3) is 0.684. The Labute approximate surface area is 133 Å². The van der Waals surface area contributed by atoms with Crippen LogP contribution in [0.4, 0.5) is 0 Å². The van der Waals surface area contributed by atoms with Crippen molar-refractivity contribution >= 4 is 0 Å². The Morgan fingerprint density at radius 1 is 1.10 bits per heavy atom. The first-order chi connectivity index (χ1) is 9.99. The molecule has 0 aliphatic carbocycles. The molecule has 0 aromatic heterocycles. The quantitative estimate of drug-likeness (QED) is 0.364. The number of nitrogens with zero attached hydrogens (tertiary/aromatic N) is 2. The van der Waals surface area contributed by atoms with E-state index in [-0.39, 0.29) is 0 Å². The lowest BCUT2D eigenvalue weighted by atomic mass is 10.1. The SMILES string of the molecule is C=CC(=C)CC/C=C(\C)CN(CCCC)CCCN(C)C. The third-order valence-corrected chi connectivity index (χ3v) is 3.63. The van der Waals surface area contributed by atoms with E-state index in [2.05, 4.69) is 57.0 Å². The summed E-state index contributed by atoms with van der Waals surface area (Å²) in [7, 11) is 4.29. The van der Waals surface area contributed by atoms with Gasteiger partial charge in [-0.2, -0.15) is 0 Å². The van der Waals surface area contributed by atoms with Gasteiger partial charge in [0.05, 0.1) is 0 Å². The van der Waals surface area contributed by atoms with Crippen LogP contribution < -0.4 is 0 Å². The van der Waals surface area contributed by atoms with Gasteiger partial charge in [-0.3, -0.25) is 4.90 Å². The van der Waals surface area contributed by atoms with Crippen LogP contribution in [0.5, 0.6) is 0 Å². The van der Waals surface area contributed by atoms with Gasteiger partial charge in [0, 0.05) is 6.54 Å². The van der Waals surface area contributed by atoms with Crippen molar-refractivity contribution in [3.63, 3.8) is 0 Å². The van der Waals surface area contributed by atoms with Gasteiger partial charge in [0.2, 0.25) is 0 Å². The topological polar surface area (TPSA) is 6.48 Å². The third-order valence-electron chi connectivity index (χ3n) is 3.63. The number of rotatable bonds is 13. The minimum absolute atomic E-state index is 1.02. The van der Waals surface area contributed by atoms with Crippen LogP contribution in [0, 0.1) is 0 Å². The van der Waals surface area contributed by atoms with E-state index in [9.17, 15) is 0 Å². The van der Waals surface area contributed by atoms with Crippen molar-refractivity contribution in [1.82, 2.24) is 9.80 Å². The summed E-state index contributed by atoms with van der Waals surface area (Å²) in [5.41, 5.74) is 2.61. The predicted octanol–water partition coefficient (Wildman–Crippen LogP) is 4.51. The molecule has 0 atom stereocenters. The number of hydrogen-bond acceptors (Lipinski definition) is 2. The lowest BCUT2D eigenvalue weighted by molar-refractivity contribution is 0.269. The highest BCUT2D eigenvalue weighted by Crippen LogP contribution is 2.08. The van der Waals surface area contributed by atoms with Gasteiger partial charge in [-0.25, -0.2) is 0 Å². The zero-order chi connectivity index (χ0) is 16.1. The minimum Gasteiger partial charge on any atom is -0.309 e. The molecule has 0 rings (SSSR count). The van der Waals surface area contributed by atoms with Crippen molar-refractivity contribution in [3.05, 3.63) is 36.5 Å². The van der Waals surface area contributed by atoms with Gasteiger partial charge >= 0.3 is 0 Å². The Morgan fingerprint density at radius 2 is 1.76 bits per heavy atom. The number of allylic oxidation sites excluding steroid dienone is 3. The largest absolute Gasteiger partial charge is 0.309 e. The van der Waals surface area contributed by atoms with Crippen LogP contribution in [-0.2, 0) is 0 Å². The molecule has 0 amide bonds. The number of hydrogen-bond donors (Lipinski definition) is 0. The summed E-state index contributed by atoms with van der Waals surface area (Å²) >= 11 is 0. The zero-order valence-corrected chi connectivity index (χ0v) is 14.8.